The Kier molecular flexibility index (Phi) is 2.86. The lowest BCUT2D eigenvalue weighted by atomic mass is 10.2. The maximum Gasteiger partial charge on any atom is 0.124 e. The standard InChI is InChI=1S/C11H15N3S/c1-8-4-3-7-14(8)9-5-2-6-13-10(9)11(12)15/h2,5-6,8H,3-4,7H2,1H3,(H2,12,15). The molecule has 80 valence electrons. The number of pyridine rings is 1. The van der Waals surface area contributed by atoms with Crippen LogP contribution in [0.25, 0.3) is 0 Å². The molecule has 3 nitrogen and oxygen atoms in total. The molecule has 4 heteroatoms. The molecule has 1 unspecified atom stereocenters. The average Bonchev–Trinajstić information content (AvgIpc) is 2.64. The zero-order chi connectivity index (χ0) is 10.8. The van der Waals surface area contributed by atoms with Crippen LogP contribution in [-0.2, 0) is 0 Å². The fourth-order valence-corrected chi connectivity index (χ4v) is 2.27. The molecule has 1 aliphatic heterocycles. The Hall–Kier alpha value is -1.16. The van der Waals surface area contributed by atoms with Crippen LogP contribution in [0.3, 0.4) is 0 Å². The van der Waals surface area contributed by atoms with E-state index >= 15 is 0 Å². The average molecular weight is 221 g/mol. The largest absolute Gasteiger partial charge is 0.388 e. The second-order valence-electron chi connectivity index (χ2n) is 3.92. The Morgan fingerprint density at radius 1 is 1.67 bits per heavy atom. The third-order valence-corrected chi connectivity index (χ3v) is 3.08. The van der Waals surface area contributed by atoms with Gasteiger partial charge in [-0.05, 0) is 31.9 Å². The van der Waals surface area contributed by atoms with Gasteiger partial charge < -0.3 is 10.6 Å². The van der Waals surface area contributed by atoms with E-state index in [2.05, 4.69) is 16.8 Å². The molecule has 0 spiro atoms. The van der Waals surface area contributed by atoms with Crippen LogP contribution in [0.4, 0.5) is 5.69 Å². The molecule has 0 radical (unpaired) electrons. The molecular weight excluding hydrogens is 206 g/mol. The zero-order valence-corrected chi connectivity index (χ0v) is 9.63. The summed E-state index contributed by atoms with van der Waals surface area (Å²) in [5, 5.41) is 0. The first kappa shape index (κ1) is 10.4. The first-order valence-corrected chi connectivity index (χ1v) is 5.62. The highest BCUT2D eigenvalue weighted by Gasteiger charge is 2.23. The molecule has 1 atom stereocenters. The molecule has 1 saturated heterocycles. The van der Waals surface area contributed by atoms with E-state index in [9.17, 15) is 0 Å². The van der Waals surface area contributed by atoms with Gasteiger partial charge in [0.05, 0.1) is 5.69 Å². The van der Waals surface area contributed by atoms with E-state index in [0.717, 1.165) is 17.9 Å². The van der Waals surface area contributed by atoms with Gasteiger partial charge in [0.15, 0.2) is 0 Å². The minimum absolute atomic E-state index is 0.379. The first-order valence-electron chi connectivity index (χ1n) is 5.21. The number of thiocarbonyl (C=S) groups is 1. The highest BCUT2D eigenvalue weighted by molar-refractivity contribution is 7.80. The van der Waals surface area contributed by atoms with Crippen LogP contribution < -0.4 is 10.6 Å². The Bertz CT molecular complexity index is 378. The number of aromatic nitrogens is 1. The van der Waals surface area contributed by atoms with Crippen molar-refractivity contribution >= 4 is 22.9 Å². The predicted molar refractivity (Wildman–Crippen MR) is 66.2 cm³/mol. The Morgan fingerprint density at radius 3 is 3.07 bits per heavy atom. The van der Waals surface area contributed by atoms with E-state index in [1.54, 1.807) is 6.20 Å². The van der Waals surface area contributed by atoms with Gasteiger partial charge in [0.1, 0.15) is 10.7 Å². The SMILES string of the molecule is CC1CCCN1c1cccnc1C(N)=S. The summed E-state index contributed by atoms with van der Waals surface area (Å²) < 4.78 is 0. The Balaban J connectivity index is 2.38. The maximum absolute atomic E-state index is 5.67. The van der Waals surface area contributed by atoms with Gasteiger partial charge in [-0.2, -0.15) is 0 Å². The fraction of sp³-hybridized carbons (Fsp3) is 0.455. The lowest BCUT2D eigenvalue weighted by Gasteiger charge is -2.25. The van der Waals surface area contributed by atoms with Crippen molar-refractivity contribution < 1.29 is 0 Å². The van der Waals surface area contributed by atoms with Crippen molar-refractivity contribution in [3.05, 3.63) is 24.0 Å². The molecule has 1 aliphatic rings. The topological polar surface area (TPSA) is 42.2 Å². The molecule has 2 heterocycles. The number of hydrogen-bond acceptors (Lipinski definition) is 3. The quantitative estimate of drug-likeness (QED) is 0.772. The van der Waals surface area contributed by atoms with E-state index in [4.69, 9.17) is 18.0 Å². The van der Waals surface area contributed by atoms with Gasteiger partial charge in [-0.15, -0.1) is 0 Å². The molecule has 0 bridgehead atoms. The fourth-order valence-electron chi connectivity index (χ4n) is 2.11. The number of anilines is 1. The summed E-state index contributed by atoms with van der Waals surface area (Å²) in [5.41, 5.74) is 7.50. The first-order chi connectivity index (χ1) is 7.20. The van der Waals surface area contributed by atoms with Crippen molar-refractivity contribution in [1.29, 1.82) is 0 Å². The molecule has 0 amide bonds. The molecule has 0 aromatic carbocycles. The van der Waals surface area contributed by atoms with Crippen molar-refractivity contribution in [3.63, 3.8) is 0 Å². The van der Waals surface area contributed by atoms with Crippen molar-refractivity contribution in [2.24, 2.45) is 5.73 Å². The van der Waals surface area contributed by atoms with E-state index < -0.39 is 0 Å². The summed E-state index contributed by atoms with van der Waals surface area (Å²) in [6, 6.07) is 4.54. The summed E-state index contributed by atoms with van der Waals surface area (Å²) in [4.78, 5) is 6.96. The summed E-state index contributed by atoms with van der Waals surface area (Å²) in [7, 11) is 0. The molecule has 0 aliphatic carbocycles. The van der Waals surface area contributed by atoms with Crippen LogP contribution >= 0.6 is 12.2 Å². The Labute approximate surface area is 95.3 Å². The van der Waals surface area contributed by atoms with Gasteiger partial charge >= 0.3 is 0 Å². The van der Waals surface area contributed by atoms with Gasteiger partial charge in [0.2, 0.25) is 0 Å². The summed E-state index contributed by atoms with van der Waals surface area (Å²) in [6.07, 6.45) is 4.19. The second-order valence-corrected chi connectivity index (χ2v) is 4.36. The third-order valence-electron chi connectivity index (χ3n) is 2.88. The minimum Gasteiger partial charge on any atom is -0.388 e. The van der Waals surface area contributed by atoms with Crippen molar-refractivity contribution in [3.8, 4) is 0 Å². The minimum atomic E-state index is 0.379. The monoisotopic (exact) mass is 221 g/mol. The van der Waals surface area contributed by atoms with E-state index in [1.807, 2.05) is 12.1 Å². The van der Waals surface area contributed by atoms with Crippen LogP contribution in [0.1, 0.15) is 25.5 Å². The van der Waals surface area contributed by atoms with Gasteiger partial charge in [-0.1, -0.05) is 12.2 Å². The zero-order valence-electron chi connectivity index (χ0n) is 8.81. The molecule has 0 saturated carbocycles. The lowest BCUT2D eigenvalue weighted by Crippen LogP contribution is -2.29. The molecular formula is C11H15N3S. The van der Waals surface area contributed by atoms with Gasteiger partial charge in [-0.3, -0.25) is 4.98 Å². The van der Waals surface area contributed by atoms with E-state index in [1.165, 1.54) is 12.8 Å². The summed E-state index contributed by atoms with van der Waals surface area (Å²) in [5.74, 6) is 0. The van der Waals surface area contributed by atoms with Crippen LogP contribution in [-0.4, -0.2) is 22.6 Å². The highest BCUT2D eigenvalue weighted by atomic mass is 32.1. The molecule has 1 aromatic rings. The van der Waals surface area contributed by atoms with Gasteiger partial charge in [0, 0.05) is 18.8 Å². The molecule has 2 rings (SSSR count). The number of rotatable bonds is 2. The molecule has 15 heavy (non-hydrogen) atoms. The normalized spacial score (nSPS) is 20.6. The number of hydrogen-bond donors (Lipinski definition) is 1. The summed E-state index contributed by atoms with van der Waals surface area (Å²) >= 11 is 5.01. The summed E-state index contributed by atoms with van der Waals surface area (Å²) in [6.45, 7) is 3.30. The lowest BCUT2D eigenvalue weighted by molar-refractivity contribution is 0.733. The Morgan fingerprint density at radius 2 is 2.47 bits per heavy atom. The molecule has 1 fully saturated rings. The maximum atomic E-state index is 5.67. The van der Waals surface area contributed by atoms with Crippen molar-refractivity contribution in [2.45, 2.75) is 25.8 Å². The van der Waals surface area contributed by atoms with E-state index in [-0.39, 0.29) is 0 Å². The number of nitrogens with two attached hydrogens (primary N) is 1. The van der Waals surface area contributed by atoms with Gasteiger partial charge in [0.25, 0.3) is 0 Å². The third kappa shape index (κ3) is 1.95. The van der Waals surface area contributed by atoms with E-state index in [0.29, 0.717) is 11.0 Å². The van der Waals surface area contributed by atoms with Crippen molar-refractivity contribution in [1.82, 2.24) is 4.98 Å². The molecule has 2 N–H and O–H groups in total. The van der Waals surface area contributed by atoms with Crippen molar-refractivity contribution in [2.75, 3.05) is 11.4 Å². The van der Waals surface area contributed by atoms with Crippen LogP contribution in [0.2, 0.25) is 0 Å². The second kappa shape index (κ2) is 4.14. The van der Waals surface area contributed by atoms with Crippen LogP contribution in [0.15, 0.2) is 18.3 Å². The van der Waals surface area contributed by atoms with Gasteiger partial charge in [-0.25, -0.2) is 0 Å². The predicted octanol–water partition coefficient (Wildman–Crippen LogP) is 1.70. The number of nitrogens with zero attached hydrogens (tertiary/aromatic N) is 2. The smallest absolute Gasteiger partial charge is 0.124 e. The molecule has 1 aromatic heterocycles. The highest BCUT2D eigenvalue weighted by Crippen LogP contribution is 2.27. The van der Waals surface area contributed by atoms with Crippen LogP contribution in [0.5, 0.6) is 0 Å². The van der Waals surface area contributed by atoms with Crippen LogP contribution in [0, 0.1) is 0 Å².